The van der Waals surface area contributed by atoms with E-state index in [0.717, 1.165) is 53.9 Å². The van der Waals surface area contributed by atoms with E-state index in [0.29, 0.717) is 0 Å². The standard InChI is InChI=1S/C19H22N4O2S/c1-22(2)26(24,25)15-12-16(19(20-13-15)23-9-5-6-10-23)18-11-14-7-3-4-8-17(14)21-18/h3-4,7-8,11-13,21H,5-6,9-10H2,1-2H3. The van der Waals surface area contributed by atoms with Gasteiger partial charge < -0.3 is 9.88 Å². The second-order valence-electron chi connectivity index (χ2n) is 6.79. The maximum atomic E-state index is 12.6. The number of fused-ring (bicyclic) bond motifs is 1. The zero-order valence-electron chi connectivity index (χ0n) is 14.9. The third-order valence-corrected chi connectivity index (χ3v) is 6.63. The van der Waals surface area contributed by atoms with Gasteiger partial charge in [-0.15, -0.1) is 0 Å². The first-order chi connectivity index (χ1) is 12.5. The zero-order valence-corrected chi connectivity index (χ0v) is 15.8. The summed E-state index contributed by atoms with van der Waals surface area (Å²) >= 11 is 0. The Morgan fingerprint density at radius 2 is 1.85 bits per heavy atom. The number of nitrogens with zero attached hydrogens (tertiary/aromatic N) is 3. The van der Waals surface area contributed by atoms with E-state index in [2.05, 4.69) is 20.9 Å². The third kappa shape index (κ3) is 2.87. The first-order valence-corrected chi connectivity index (χ1v) is 10.2. The van der Waals surface area contributed by atoms with Crippen LogP contribution in [0.3, 0.4) is 0 Å². The van der Waals surface area contributed by atoms with E-state index >= 15 is 0 Å². The highest BCUT2D eigenvalue weighted by Crippen LogP contribution is 2.34. The van der Waals surface area contributed by atoms with Crippen molar-refractivity contribution in [3.8, 4) is 11.3 Å². The molecule has 3 heterocycles. The van der Waals surface area contributed by atoms with Crippen molar-refractivity contribution in [2.24, 2.45) is 0 Å². The fraction of sp³-hybridized carbons (Fsp3) is 0.316. The topological polar surface area (TPSA) is 69.3 Å². The lowest BCUT2D eigenvalue weighted by molar-refractivity contribution is 0.520. The molecule has 0 atom stereocenters. The van der Waals surface area contributed by atoms with Crippen molar-refractivity contribution in [1.29, 1.82) is 0 Å². The Balaban J connectivity index is 1.91. The molecule has 0 unspecified atom stereocenters. The number of pyridine rings is 1. The molecule has 0 aliphatic carbocycles. The van der Waals surface area contributed by atoms with Crippen LogP contribution >= 0.6 is 0 Å². The highest BCUT2D eigenvalue weighted by molar-refractivity contribution is 7.89. The molecule has 0 radical (unpaired) electrons. The van der Waals surface area contributed by atoms with Gasteiger partial charge in [0.05, 0.1) is 5.69 Å². The summed E-state index contributed by atoms with van der Waals surface area (Å²) in [6.45, 7) is 1.89. The van der Waals surface area contributed by atoms with Gasteiger partial charge in [-0.2, -0.15) is 0 Å². The highest BCUT2D eigenvalue weighted by atomic mass is 32.2. The minimum absolute atomic E-state index is 0.208. The van der Waals surface area contributed by atoms with Crippen LogP contribution in [0.4, 0.5) is 5.82 Å². The SMILES string of the molecule is CN(C)S(=O)(=O)c1cnc(N2CCCC2)c(-c2cc3ccccc3[nH]2)c1. The number of benzene rings is 1. The minimum Gasteiger partial charge on any atom is -0.356 e. The Morgan fingerprint density at radius 1 is 1.12 bits per heavy atom. The number of H-pyrrole nitrogens is 1. The van der Waals surface area contributed by atoms with Gasteiger partial charge >= 0.3 is 0 Å². The van der Waals surface area contributed by atoms with Crippen LogP contribution in [0.5, 0.6) is 0 Å². The molecule has 1 aliphatic heterocycles. The predicted octanol–water partition coefficient (Wildman–Crippen LogP) is 3.08. The molecule has 3 aromatic rings. The second kappa shape index (κ2) is 6.41. The van der Waals surface area contributed by atoms with Crippen LogP contribution in [0.1, 0.15) is 12.8 Å². The minimum atomic E-state index is -3.54. The lowest BCUT2D eigenvalue weighted by atomic mass is 10.1. The number of hydrogen-bond acceptors (Lipinski definition) is 4. The normalized spacial score (nSPS) is 15.3. The number of para-hydroxylation sites is 1. The predicted molar refractivity (Wildman–Crippen MR) is 104 cm³/mol. The van der Waals surface area contributed by atoms with E-state index in [9.17, 15) is 8.42 Å². The average Bonchev–Trinajstić information content (AvgIpc) is 3.30. The van der Waals surface area contributed by atoms with Gasteiger partial charge in [0.2, 0.25) is 10.0 Å². The largest absolute Gasteiger partial charge is 0.356 e. The molecule has 1 fully saturated rings. The van der Waals surface area contributed by atoms with Crippen molar-refractivity contribution in [3.63, 3.8) is 0 Å². The molecule has 0 bridgehead atoms. The van der Waals surface area contributed by atoms with E-state index in [-0.39, 0.29) is 4.90 Å². The molecule has 26 heavy (non-hydrogen) atoms. The van der Waals surface area contributed by atoms with Crippen molar-refractivity contribution in [3.05, 3.63) is 42.6 Å². The van der Waals surface area contributed by atoms with Crippen molar-refractivity contribution in [2.75, 3.05) is 32.1 Å². The van der Waals surface area contributed by atoms with E-state index in [1.807, 2.05) is 24.3 Å². The molecule has 0 amide bonds. The summed E-state index contributed by atoms with van der Waals surface area (Å²) in [5, 5.41) is 1.09. The van der Waals surface area contributed by atoms with Crippen molar-refractivity contribution >= 4 is 26.7 Å². The Kier molecular flexibility index (Phi) is 4.20. The number of nitrogens with one attached hydrogen (secondary N) is 1. The third-order valence-electron chi connectivity index (χ3n) is 4.85. The summed E-state index contributed by atoms with van der Waals surface area (Å²) in [6, 6.07) is 11.8. The maximum Gasteiger partial charge on any atom is 0.244 e. The van der Waals surface area contributed by atoms with Gasteiger partial charge in [0.25, 0.3) is 0 Å². The Bertz CT molecular complexity index is 1020. The molecule has 1 aromatic carbocycles. The van der Waals surface area contributed by atoms with Crippen LogP contribution in [-0.2, 0) is 10.0 Å². The smallest absolute Gasteiger partial charge is 0.244 e. The monoisotopic (exact) mass is 370 g/mol. The molecule has 0 saturated carbocycles. The van der Waals surface area contributed by atoms with Crippen molar-refractivity contribution in [1.82, 2.24) is 14.3 Å². The van der Waals surface area contributed by atoms with Gasteiger partial charge in [-0.05, 0) is 31.0 Å². The molecule has 1 aliphatic rings. The molecule has 1 N–H and O–H groups in total. The van der Waals surface area contributed by atoms with Gasteiger partial charge in [0.1, 0.15) is 10.7 Å². The molecule has 136 valence electrons. The van der Waals surface area contributed by atoms with Crippen molar-refractivity contribution in [2.45, 2.75) is 17.7 Å². The number of aromatic amines is 1. The molecule has 0 spiro atoms. The highest BCUT2D eigenvalue weighted by Gasteiger charge is 2.24. The molecule has 2 aromatic heterocycles. The Hall–Kier alpha value is -2.38. The van der Waals surface area contributed by atoms with Gasteiger partial charge in [0, 0.05) is 49.8 Å². The van der Waals surface area contributed by atoms with E-state index in [1.165, 1.54) is 24.6 Å². The van der Waals surface area contributed by atoms with Gasteiger partial charge in [0.15, 0.2) is 0 Å². The zero-order chi connectivity index (χ0) is 18.3. The molecule has 6 nitrogen and oxygen atoms in total. The van der Waals surface area contributed by atoms with Crippen LogP contribution in [0.25, 0.3) is 22.2 Å². The van der Waals surface area contributed by atoms with E-state index < -0.39 is 10.0 Å². The first kappa shape index (κ1) is 17.1. The number of aromatic nitrogens is 2. The lowest BCUT2D eigenvalue weighted by Gasteiger charge is -2.21. The summed E-state index contributed by atoms with van der Waals surface area (Å²) in [7, 11) is -0.471. The summed E-state index contributed by atoms with van der Waals surface area (Å²) in [5.41, 5.74) is 2.73. The number of anilines is 1. The van der Waals surface area contributed by atoms with Gasteiger partial charge in [-0.3, -0.25) is 0 Å². The molecule has 1 saturated heterocycles. The lowest BCUT2D eigenvalue weighted by Crippen LogP contribution is -2.24. The summed E-state index contributed by atoms with van der Waals surface area (Å²) in [5.74, 6) is 0.840. The number of sulfonamides is 1. The maximum absolute atomic E-state index is 12.6. The Labute approximate surface area is 153 Å². The van der Waals surface area contributed by atoms with E-state index in [1.54, 1.807) is 6.07 Å². The fourth-order valence-electron chi connectivity index (χ4n) is 3.39. The van der Waals surface area contributed by atoms with E-state index in [4.69, 9.17) is 0 Å². The first-order valence-electron chi connectivity index (χ1n) is 8.72. The second-order valence-corrected chi connectivity index (χ2v) is 8.95. The number of rotatable bonds is 4. The summed E-state index contributed by atoms with van der Waals surface area (Å²) in [4.78, 5) is 10.4. The molecule has 7 heteroatoms. The molecular formula is C19H22N4O2S. The van der Waals surface area contributed by atoms with Crippen LogP contribution in [0.2, 0.25) is 0 Å². The molecular weight excluding hydrogens is 348 g/mol. The van der Waals surface area contributed by atoms with Crippen LogP contribution in [-0.4, -0.2) is 49.9 Å². The average molecular weight is 370 g/mol. The van der Waals surface area contributed by atoms with Gasteiger partial charge in [-0.25, -0.2) is 17.7 Å². The summed E-state index contributed by atoms with van der Waals surface area (Å²) in [6.07, 6.45) is 3.73. The van der Waals surface area contributed by atoms with Crippen LogP contribution in [0.15, 0.2) is 47.5 Å². The quantitative estimate of drug-likeness (QED) is 0.766. The molecule has 4 rings (SSSR count). The number of hydrogen-bond donors (Lipinski definition) is 1. The van der Waals surface area contributed by atoms with Crippen LogP contribution < -0.4 is 4.90 Å². The van der Waals surface area contributed by atoms with Crippen LogP contribution in [0, 0.1) is 0 Å². The fourth-order valence-corrected chi connectivity index (χ4v) is 4.26. The summed E-state index contributed by atoms with van der Waals surface area (Å²) < 4.78 is 26.4. The van der Waals surface area contributed by atoms with Gasteiger partial charge in [-0.1, -0.05) is 18.2 Å². The Morgan fingerprint density at radius 3 is 2.54 bits per heavy atom. The van der Waals surface area contributed by atoms with Crippen molar-refractivity contribution < 1.29 is 8.42 Å².